The molecule has 0 aliphatic heterocycles. The molecule has 13 heavy (non-hydrogen) atoms. The Hall–Kier alpha value is -1.36. The lowest BCUT2D eigenvalue weighted by Gasteiger charge is -2.05. The molecule has 5 nitrogen and oxygen atoms in total. The number of aromatic nitrogens is 1. The molecule has 5 heteroatoms. The third kappa shape index (κ3) is 2.29. The Morgan fingerprint density at radius 3 is 2.92 bits per heavy atom. The van der Waals surface area contributed by atoms with E-state index >= 15 is 0 Å². The Balaban J connectivity index is 2.73. The van der Waals surface area contributed by atoms with Crippen LogP contribution in [0.3, 0.4) is 0 Å². The molecule has 0 fully saturated rings. The standard InChI is InChI=1S/C8H12N2O3/c1-10(2)8(11)6-4-9-7(13-6)5-12-3/h4H,5H2,1-3H3. The molecule has 1 amide bonds. The van der Waals surface area contributed by atoms with Crippen LogP contribution in [0.2, 0.25) is 0 Å². The van der Waals surface area contributed by atoms with Crippen LogP contribution in [0.5, 0.6) is 0 Å². The van der Waals surface area contributed by atoms with Crippen LogP contribution >= 0.6 is 0 Å². The normalized spacial score (nSPS) is 10.1. The van der Waals surface area contributed by atoms with Crippen LogP contribution in [0.4, 0.5) is 0 Å². The molecule has 1 aromatic rings. The quantitative estimate of drug-likeness (QED) is 0.687. The molecule has 0 aliphatic rings. The molecular weight excluding hydrogens is 172 g/mol. The van der Waals surface area contributed by atoms with E-state index < -0.39 is 0 Å². The van der Waals surface area contributed by atoms with Crippen LogP contribution in [0.1, 0.15) is 16.4 Å². The molecule has 1 rings (SSSR count). The first kappa shape index (κ1) is 9.73. The summed E-state index contributed by atoms with van der Waals surface area (Å²) in [6, 6.07) is 0. The summed E-state index contributed by atoms with van der Waals surface area (Å²) in [4.78, 5) is 16.6. The second-order valence-corrected chi connectivity index (χ2v) is 2.75. The summed E-state index contributed by atoms with van der Waals surface area (Å²) in [5.74, 6) is 0.444. The summed E-state index contributed by atoms with van der Waals surface area (Å²) in [5.41, 5.74) is 0. The fourth-order valence-electron chi connectivity index (χ4n) is 0.820. The Morgan fingerprint density at radius 2 is 2.38 bits per heavy atom. The van der Waals surface area contributed by atoms with Crippen LogP contribution in [-0.2, 0) is 11.3 Å². The van der Waals surface area contributed by atoms with E-state index in [0.29, 0.717) is 5.89 Å². The topological polar surface area (TPSA) is 55.6 Å². The van der Waals surface area contributed by atoms with Gasteiger partial charge in [0.15, 0.2) is 0 Å². The van der Waals surface area contributed by atoms with Crippen molar-refractivity contribution in [3.63, 3.8) is 0 Å². The average Bonchev–Trinajstić information content (AvgIpc) is 2.52. The van der Waals surface area contributed by atoms with Gasteiger partial charge in [-0.1, -0.05) is 0 Å². The zero-order valence-corrected chi connectivity index (χ0v) is 7.90. The molecule has 0 aromatic carbocycles. The second-order valence-electron chi connectivity index (χ2n) is 2.75. The van der Waals surface area contributed by atoms with Crippen molar-refractivity contribution in [2.24, 2.45) is 0 Å². The average molecular weight is 184 g/mol. The number of amides is 1. The van der Waals surface area contributed by atoms with Gasteiger partial charge in [-0.3, -0.25) is 4.79 Å². The van der Waals surface area contributed by atoms with Gasteiger partial charge in [0.25, 0.3) is 5.91 Å². The lowest BCUT2D eigenvalue weighted by Crippen LogP contribution is -2.20. The molecule has 0 atom stereocenters. The highest BCUT2D eigenvalue weighted by molar-refractivity contribution is 5.90. The molecule has 0 saturated heterocycles. The van der Waals surface area contributed by atoms with E-state index in [2.05, 4.69) is 4.98 Å². The van der Waals surface area contributed by atoms with Crippen molar-refractivity contribution in [1.29, 1.82) is 0 Å². The first-order valence-corrected chi connectivity index (χ1v) is 3.80. The minimum Gasteiger partial charge on any atom is -0.433 e. The summed E-state index contributed by atoms with van der Waals surface area (Å²) < 4.78 is 9.92. The zero-order chi connectivity index (χ0) is 9.84. The van der Waals surface area contributed by atoms with E-state index in [1.165, 1.54) is 18.2 Å². The zero-order valence-electron chi connectivity index (χ0n) is 7.90. The van der Waals surface area contributed by atoms with Gasteiger partial charge in [0.05, 0.1) is 6.20 Å². The summed E-state index contributed by atoms with van der Waals surface area (Å²) in [6.07, 6.45) is 1.40. The van der Waals surface area contributed by atoms with Gasteiger partial charge in [-0.15, -0.1) is 0 Å². The van der Waals surface area contributed by atoms with E-state index in [4.69, 9.17) is 9.15 Å². The lowest BCUT2D eigenvalue weighted by molar-refractivity contribution is 0.0788. The van der Waals surface area contributed by atoms with Crippen molar-refractivity contribution in [3.05, 3.63) is 17.8 Å². The maximum absolute atomic E-state index is 11.3. The van der Waals surface area contributed by atoms with Gasteiger partial charge in [0, 0.05) is 21.2 Å². The molecule has 0 saturated carbocycles. The molecule has 0 radical (unpaired) electrons. The van der Waals surface area contributed by atoms with Gasteiger partial charge in [0.2, 0.25) is 11.7 Å². The van der Waals surface area contributed by atoms with Gasteiger partial charge >= 0.3 is 0 Å². The lowest BCUT2D eigenvalue weighted by atomic mass is 10.4. The van der Waals surface area contributed by atoms with Crippen molar-refractivity contribution in [1.82, 2.24) is 9.88 Å². The molecule has 0 N–H and O–H groups in total. The third-order valence-corrected chi connectivity index (χ3v) is 1.44. The fourth-order valence-corrected chi connectivity index (χ4v) is 0.820. The monoisotopic (exact) mass is 184 g/mol. The van der Waals surface area contributed by atoms with E-state index in [0.717, 1.165) is 0 Å². The number of ether oxygens (including phenoxy) is 1. The highest BCUT2D eigenvalue weighted by Crippen LogP contribution is 2.06. The highest BCUT2D eigenvalue weighted by atomic mass is 16.5. The van der Waals surface area contributed by atoms with Gasteiger partial charge < -0.3 is 14.1 Å². The van der Waals surface area contributed by atoms with E-state index in [9.17, 15) is 4.79 Å². The number of carbonyl (C=O) groups is 1. The van der Waals surface area contributed by atoms with Gasteiger partial charge in [-0.05, 0) is 0 Å². The largest absolute Gasteiger partial charge is 0.433 e. The van der Waals surface area contributed by atoms with Crippen LogP contribution in [0, 0.1) is 0 Å². The predicted octanol–water partition coefficient (Wildman–Crippen LogP) is 0.523. The molecule has 0 bridgehead atoms. The minimum atomic E-state index is -0.199. The molecule has 1 aromatic heterocycles. The smallest absolute Gasteiger partial charge is 0.290 e. The molecule has 0 unspecified atom stereocenters. The maximum Gasteiger partial charge on any atom is 0.290 e. The van der Waals surface area contributed by atoms with Crippen LogP contribution in [0.15, 0.2) is 10.6 Å². The molecule has 72 valence electrons. The molecule has 0 spiro atoms. The number of rotatable bonds is 3. The Bertz CT molecular complexity index is 293. The minimum absolute atomic E-state index is 0.199. The van der Waals surface area contributed by atoms with Gasteiger partial charge in [0.1, 0.15) is 6.61 Å². The Kier molecular flexibility index (Phi) is 3.02. The van der Waals surface area contributed by atoms with Crippen LogP contribution < -0.4 is 0 Å². The number of oxazole rings is 1. The SMILES string of the molecule is COCc1ncc(C(=O)N(C)C)o1. The van der Waals surface area contributed by atoms with Gasteiger partial charge in [-0.25, -0.2) is 4.98 Å². The van der Waals surface area contributed by atoms with E-state index in [-0.39, 0.29) is 18.3 Å². The maximum atomic E-state index is 11.3. The molecule has 1 heterocycles. The summed E-state index contributed by atoms with van der Waals surface area (Å²) >= 11 is 0. The first-order valence-electron chi connectivity index (χ1n) is 3.80. The number of carbonyl (C=O) groups excluding carboxylic acids is 1. The van der Waals surface area contributed by atoms with Crippen LogP contribution in [-0.4, -0.2) is 37.0 Å². The summed E-state index contributed by atoms with van der Waals surface area (Å²) in [6.45, 7) is 0.278. The summed E-state index contributed by atoms with van der Waals surface area (Å²) in [7, 11) is 4.85. The fraction of sp³-hybridized carbons (Fsp3) is 0.500. The number of methoxy groups -OCH3 is 1. The van der Waals surface area contributed by atoms with Crippen molar-refractivity contribution < 1.29 is 13.9 Å². The van der Waals surface area contributed by atoms with Crippen molar-refractivity contribution in [2.75, 3.05) is 21.2 Å². The Morgan fingerprint density at radius 1 is 1.69 bits per heavy atom. The number of hydrogen-bond donors (Lipinski definition) is 0. The Labute approximate surface area is 76.3 Å². The highest BCUT2D eigenvalue weighted by Gasteiger charge is 2.13. The van der Waals surface area contributed by atoms with Crippen molar-refractivity contribution in [2.45, 2.75) is 6.61 Å². The van der Waals surface area contributed by atoms with Crippen molar-refractivity contribution >= 4 is 5.91 Å². The number of nitrogens with zero attached hydrogens (tertiary/aromatic N) is 2. The van der Waals surface area contributed by atoms with Crippen LogP contribution in [0.25, 0.3) is 0 Å². The predicted molar refractivity (Wildman–Crippen MR) is 45.2 cm³/mol. The number of hydrogen-bond acceptors (Lipinski definition) is 4. The first-order chi connectivity index (χ1) is 6.15. The summed E-state index contributed by atoms with van der Waals surface area (Å²) in [5, 5.41) is 0. The van der Waals surface area contributed by atoms with Gasteiger partial charge in [-0.2, -0.15) is 0 Å². The molecular formula is C8H12N2O3. The second kappa shape index (κ2) is 4.04. The van der Waals surface area contributed by atoms with E-state index in [1.54, 1.807) is 14.1 Å². The third-order valence-electron chi connectivity index (χ3n) is 1.44. The molecule has 0 aliphatic carbocycles. The van der Waals surface area contributed by atoms with E-state index in [1.807, 2.05) is 0 Å². The van der Waals surface area contributed by atoms with Crippen molar-refractivity contribution in [3.8, 4) is 0 Å².